The highest BCUT2D eigenvalue weighted by molar-refractivity contribution is 7.99. The lowest BCUT2D eigenvalue weighted by atomic mass is 10.2. The minimum atomic E-state index is 0.0722. The van der Waals surface area contributed by atoms with Crippen molar-refractivity contribution in [2.75, 3.05) is 12.4 Å². The summed E-state index contributed by atoms with van der Waals surface area (Å²) in [6, 6.07) is 20.6. The topological polar surface area (TPSA) is 69.4 Å². The molecule has 4 aromatic rings. The molecule has 0 unspecified atom stereocenters. The minimum Gasteiger partial charge on any atom is -0.494 e. The van der Waals surface area contributed by atoms with E-state index in [4.69, 9.17) is 4.74 Å². The van der Waals surface area contributed by atoms with Gasteiger partial charge in [-0.3, -0.25) is 4.79 Å². The first-order valence-corrected chi connectivity index (χ1v) is 9.90. The van der Waals surface area contributed by atoms with E-state index in [0.717, 1.165) is 16.3 Å². The molecular formula is C21H18N4O2S. The maximum absolute atomic E-state index is 12.3. The van der Waals surface area contributed by atoms with Crippen molar-refractivity contribution in [2.45, 2.75) is 11.9 Å². The molecule has 0 aliphatic carbocycles. The number of Topliss-reactive ketones (excluding diaryl/α,β-unsaturated/α-hetero) is 1. The Labute approximate surface area is 166 Å². The van der Waals surface area contributed by atoms with E-state index in [1.165, 1.54) is 11.8 Å². The van der Waals surface area contributed by atoms with E-state index in [1.54, 1.807) is 4.52 Å². The minimum absolute atomic E-state index is 0.0722. The molecule has 2 aromatic carbocycles. The fourth-order valence-corrected chi connectivity index (χ4v) is 3.49. The zero-order valence-electron chi connectivity index (χ0n) is 15.3. The fraction of sp³-hybridized carbons (Fsp3) is 0.143. The summed E-state index contributed by atoms with van der Waals surface area (Å²) in [7, 11) is 0. The van der Waals surface area contributed by atoms with Crippen molar-refractivity contribution in [3.63, 3.8) is 0 Å². The van der Waals surface area contributed by atoms with Gasteiger partial charge in [-0.25, -0.2) is 0 Å². The third-order valence-electron chi connectivity index (χ3n) is 4.11. The predicted octanol–water partition coefficient (Wildman–Crippen LogP) is 4.17. The van der Waals surface area contributed by atoms with Crippen molar-refractivity contribution in [2.24, 2.45) is 0 Å². The second-order valence-electron chi connectivity index (χ2n) is 6.00. The molecule has 28 heavy (non-hydrogen) atoms. The maximum Gasteiger partial charge on any atom is 0.185 e. The van der Waals surface area contributed by atoms with Crippen molar-refractivity contribution >= 4 is 23.2 Å². The Kier molecular flexibility index (Phi) is 5.34. The lowest BCUT2D eigenvalue weighted by Crippen LogP contribution is -2.03. The van der Waals surface area contributed by atoms with Gasteiger partial charge in [0, 0.05) is 11.1 Å². The van der Waals surface area contributed by atoms with Gasteiger partial charge in [-0.05, 0) is 43.3 Å². The number of hydrogen-bond donors (Lipinski definition) is 0. The van der Waals surface area contributed by atoms with Crippen LogP contribution in [0.4, 0.5) is 0 Å². The maximum atomic E-state index is 12.3. The zero-order chi connectivity index (χ0) is 19.3. The summed E-state index contributed by atoms with van der Waals surface area (Å²) in [5, 5.41) is 13.8. The van der Waals surface area contributed by atoms with E-state index in [1.807, 2.05) is 73.7 Å². The van der Waals surface area contributed by atoms with E-state index in [0.29, 0.717) is 29.4 Å². The Bertz CT molecular complexity index is 1090. The van der Waals surface area contributed by atoms with Gasteiger partial charge in [0.05, 0.1) is 12.4 Å². The average Bonchev–Trinajstić information content (AvgIpc) is 3.17. The molecule has 0 saturated carbocycles. The fourth-order valence-electron chi connectivity index (χ4n) is 2.74. The first-order valence-electron chi connectivity index (χ1n) is 8.91. The molecule has 0 bridgehead atoms. The van der Waals surface area contributed by atoms with Gasteiger partial charge in [0.1, 0.15) is 10.8 Å². The van der Waals surface area contributed by atoms with Crippen molar-refractivity contribution in [3.05, 3.63) is 72.3 Å². The number of aromatic nitrogens is 4. The molecule has 140 valence electrons. The van der Waals surface area contributed by atoms with Crippen molar-refractivity contribution in [3.8, 4) is 17.1 Å². The number of ketones is 1. The quantitative estimate of drug-likeness (QED) is 0.349. The largest absolute Gasteiger partial charge is 0.494 e. The van der Waals surface area contributed by atoms with Crippen LogP contribution in [0.5, 0.6) is 5.75 Å². The molecule has 0 N–H and O–H groups in total. The van der Waals surface area contributed by atoms with Gasteiger partial charge in [0.2, 0.25) is 0 Å². The second-order valence-corrected chi connectivity index (χ2v) is 7.00. The van der Waals surface area contributed by atoms with Gasteiger partial charge in [0.25, 0.3) is 0 Å². The number of hydrogen-bond acceptors (Lipinski definition) is 6. The highest BCUT2D eigenvalue weighted by Gasteiger charge is 2.12. The Morgan fingerprint density at radius 2 is 1.79 bits per heavy atom. The lowest BCUT2D eigenvalue weighted by molar-refractivity contribution is 0.102. The summed E-state index contributed by atoms with van der Waals surface area (Å²) in [6.45, 7) is 2.57. The van der Waals surface area contributed by atoms with Crippen molar-refractivity contribution in [1.82, 2.24) is 19.8 Å². The van der Waals surface area contributed by atoms with Gasteiger partial charge in [-0.1, -0.05) is 42.1 Å². The number of benzene rings is 2. The number of carbonyl (C=O) groups excluding carboxylic acids is 1. The summed E-state index contributed by atoms with van der Waals surface area (Å²) >= 11 is 1.40. The second kappa shape index (κ2) is 8.22. The molecule has 0 saturated heterocycles. The molecule has 0 radical (unpaired) electrons. The molecule has 0 spiro atoms. The van der Waals surface area contributed by atoms with E-state index in [9.17, 15) is 4.79 Å². The predicted molar refractivity (Wildman–Crippen MR) is 109 cm³/mol. The van der Waals surface area contributed by atoms with Crippen LogP contribution in [0.3, 0.4) is 0 Å². The zero-order valence-corrected chi connectivity index (χ0v) is 16.1. The van der Waals surface area contributed by atoms with Crippen molar-refractivity contribution < 1.29 is 9.53 Å². The Hall–Kier alpha value is -3.19. The average molecular weight is 390 g/mol. The number of carbonyl (C=O) groups is 1. The molecule has 7 heteroatoms. The molecule has 0 aliphatic rings. The summed E-state index contributed by atoms with van der Waals surface area (Å²) in [4.78, 5) is 12.3. The summed E-state index contributed by atoms with van der Waals surface area (Å²) in [5.74, 6) is 1.85. The van der Waals surface area contributed by atoms with Gasteiger partial charge in [0.15, 0.2) is 17.3 Å². The Morgan fingerprint density at radius 1 is 1.00 bits per heavy atom. The first-order chi connectivity index (χ1) is 13.7. The van der Waals surface area contributed by atoms with E-state index < -0.39 is 0 Å². The van der Waals surface area contributed by atoms with E-state index in [2.05, 4.69) is 15.3 Å². The molecule has 0 atom stereocenters. The van der Waals surface area contributed by atoms with E-state index >= 15 is 0 Å². The van der Waals surface area contributed by atoms with Crippen LogP contribution in [-0.2, 0) is 0 Å². The van der Waals surface area contributed by atoms with Gasteiger partial charge < -0.3 is 4.74 Å². The number of ether oxygens (including phenoxy) is 1. The monoisotopic (exact) mass is 390 g/mol. The molecule has 0 amide bonds. The summed E-state index contributed by atoms with van der Waals surface area (Å²) in [5.41, 5.74) is 2.25. The smallest absolute Gasteiger partial charge is 0.185 e. The summed E-state index contributed by atoms with van der Waals surface area (Å²) < 4.78 is 7.18. The van der Waals surface area contributed by atoms with Crippen LogP contribution in [0.1, 0.15) is 17.3 Å². The molecule has 0 fully saturated rings. The summed E-state index contributed by atoms with van der Waals surface area (Å²) in [6.07, 6.45) is 0. The van der Waals surface area contributed by atoms with Gasteiger partial charge in [-0.2, -0.15) is 9.61 Å². The Morgan fingerprint density at radius 3 is 2.54 bits per heavy atom. The highest BCUT2D eigenvalue weighted by Crippen LogP contribution is 2.23. The van der Waals surface area contributed by atoms with Crippen LogP contribution >= 0.6 is 11.8 Å². The first kappa shape index (κ1) is 18.2. The van der Waals surface area contributed by atoms with Crippen LogP contribution in [0.2, 0.25) is 0 Å². The molecule has 6 nitrogen and oxygen atoms in total. The SMILES string of the molecule is CCOc1ccc(-c2nnc3ccc(SCC(=O)c4ccccc4)nn23)cc1. The van der Waals surface area contributed by atoms with Crippen LogP contribution < -0.4 is 4.74 Å². The van der Waals surface area contributed by atoms with Crippen LogP contribution in [-0.4, -0.2) is 38.0 Å². The van der Waals surface area contributed by atoms with E-state index in [-0.39, 0.29) is 5.78 Å². The van der Waals surface area contributed by atoms with Gasteiger partial charge in [-0.15, -0.1) is 10.2 Å². The normalized spacial score (nSPS) is 10.9. The number of fused-ring (bicyclic) bond motifs is 1. The molecule has 2 aromatic heterocycles. The van der Waals surface area contributed by atoms with Crippen LogP contribution in [0, 0.1) is 0 Å². The standard InChI is InChI=1S/C21H18N4O2S/c1-2-27-17-10-8-16(9-11-17)21-23-22-19-12-13-20(24-25(19)21)28-14-18(26)15-6-4-3-5-7-15/h3-13H,2,14H2,1H3. The molecule has 4 rings (SSSR count). The third-order valence-corrected chi connectivity index (χ3v) is 5.03. The molecular weight excluding hydrogens is 372 g/mol. The molecule has 2 heterocycles. The molecule has 0 aliphatic heterocycles. The van der Waals surface area contributed by atoms with Crippen LogP contribution in [0.15, 0.2) is 71.8 Å². The lowest BCUT2D eigenvalue weighted by Gasteiger charge is -2.05. The number of thioether (sulfide) groups is 1. The van der Waals surface area contributed by atoms with Crippen molar-refractivity contribution in [1.29, 1.82) is 0 Å². The highest BCUT2D eigenvalue weighted by atomic mass is 32.2. The van der Waals surface area contributed by atoms with Gasteiger partial charge >= 0.3 is 0 Å². The number of nitrogens with zero attached hydrogens (tertiary/aromatic N) is 4. The third kappa shape index (κ3) is 3.89. The van der Waals surface area contributed by atoms with Crippen LogP contribution in [0.25, 0.3) is 17.0 Å². The number of rotatable bonds is 7. The Balaban J connectivity index is 1.55.